The molecule has 3 aromatic carbocycles. The standard InChI is InChI=1S/C33H30N2/c1-23-9-5-7-11-31(23)34-18-15-25(16-19-34)26-13-14-27-28-17-20-35(32-12-8-6-10-24(32)2)22-30(28)33(3,4)29(27)21-26/h5-22H,1-4H3/q+2. The third-order valence-electron chi connectivity index (χ3n) is 7.57. The largest absolute Gasteiger partial charge is 0.213 e. The van der Waals surface area contributed by atoms with E-state index in [1.54, 1.807) is 0 Å². The van der Waals surface area contributed by atoms with Crippen molar-refractivity contribution < 1.29 is 9.13 Å². The average Bonchev–Trinajstić information content (AvgIpc) is 3.10. The Balaban J connectivity index is 1.38. The summed E-state index contributed by atoms with van der Waals surface area (Å²) in [7, 11) is 0. The van der Waals surface area contributed by atoms with Gasteiger partial charge in [-0.25, -0.2) is 0 Å². The van der Waals surface area contributed by atoms with Crippen molar-refractivity contribution in [2.24, 2.45) is 0 Å². The van der Waals surface area contributed by atoms with Crippen molar-refractivity contribution >= 4 is 0 Å². The van der Waals surface area contributed by atoms with Gasteiger partial charge in [-0.15, -0.1) is 0 Å². The van der Waals surface area contributed by atoms with Crippen LogP contribution in [-0.4, -0.2) is 0 Å². The number of benzene rings is 3. The summed E-state index contributed by atoms with van der Waals surface area (Å²) in [5.41, 5.74) is 12.9. The van der Waals surface area contributed by atoms with Gasteiger partial charge < -0.3 is 0 Å². The molecule has 35 heavy (non-hydrogen) atoms. The zero-order valence-corrected chi connectivity index (χ0v) is 20.8. The molecule has 0 saturated heterocycles. The highest BCUT2D eigenvalue weighted by atomic mass is 14.9. The summed E-state index contributed by atoms with van der Waals surface area (Å²) in [5, 5.41) is 0. The fraction of sp³-hybridized carbons (Fsp3) is 0.152. The molecule has 1 aliphatic carbocycles. The molecule has 0 N–H and O–H groups in total. The summed E-state index contributed by atoms with van der Waals surface area (Å²) in [6, 6.07) is 30.7. The molecule has 2 heteroatoms. The second-order valence-corrected chi connectivity index (χ2v) is 10.1. The summed E-state index contributed by atoms with van der Waals surface area (Å²) in [4.78, 5) is 0. The molecule has 0 aliphatic heterocycles. The number of para-hydroxylation sites is 2. The Hall–Kier alpha value is -4.04. The molecule has 0 fully saturated rings. The molecule has 2 nitrogen and oxygen atoms in total. The molecule has 0 radical (unpaired) electrons. The van der Waals surface area contributed by atoms with Crippen LogP contribution in [0.25, 0.3) is 33.6 Å². The van der Waals surface area contributed by atoms with E-state index >= 15 is 0 Å². The summed E-state index contributed by atoms with van der Waals surface area (Å²) in [6.45, 7) is 9.02. The van der Waals surface area contributed by atoms with Crippen molar-refractivity contribution in [3.8, 4) is 33.6 Å². The zero-order valence-electron chi connectivity index (χ0n) is 20.8. The van der Waals surface area contributed by atoms with Gasteiger partial charge in [0.15, 0.2) is 24.8 Å². The SMILES string of the molecule is Cc1ccccc1-[n+]1ccc(-c2ccc3c(c2)C(C)(C)c2c[n+](-c4ccccc4C)ccc2-3)cc1. The molecule has 0 amide bonds. The Bertz CT molecular complexity index is 1580. The van der Waals surface area contributed by atoms with Crippen molar-refractivity contribution in [2.75, 3.05) is 0 Å². The van der Waals surface area contributed by atoms with E-state index in [2.05, 4.69) is 147 Å². The maximum atomic E-state index is 2.39. The van der Waals surface area contributed by atoms with Crippen molar-refractivity contribution in [1.29, 1.82) is 0 Å². The summed E-state index contributed by atoms with van der Waals surface area (Å²) >= 11 is 0. The maximum Gasteiger partial charge on any atom is 0.213 e. The van der Waals surface area contributed by atoms with Gasteiger partial charge in [-0.3, -0.25) is 0 Å². The van der Waals surface area contributed by atoms with E-state index in [9.17, 15) is 0 Å². The number of rotatable bonds is 3. The van der Waals surface area contributed by atoms with E-state index < -0.39 is 0 Å². The van der Waals surface area contributed by atoms with E-state index in [1.165, 1.54) is 55.9 Å². The second kappa shape index (κ2) is 8.02. The monoisotopic (exact) mass is 454 g/mol. The smallest absolute Gasteiger partial charge is 0.167 e. The molecule has 2 heterocycles. The van der Waals surface area contributed by atoms with Crippen LogP contribution in [-0.2, 0) is 5.41 Å². The molecule has 0 atom stereocenters. The molecular weight excluding hydrogens is 424 g/mol. The van der Waals surface area contributed by atoms with Crippen molar-refractivity contribution in [3.05, 3.63) is 132 Å². The van der Waals surface area contributed by atoms with Gasteiger partial charge in [0.05, 0.1) is 0 Å². The minimum atomic E-state index is -0.0672. The van der Waals surface area contributed by atoms with Gasteiger partial charge in [-0.05, 0) is 47.7 Å². The molecule has 5 aromatic rings. The number of pyridine rings is 2. The number of hydrogen-bond donors (Lipinski definition) is 0. The van der Waals surface area contributed by atoms with Crippen LogP contribution < -0.4 is 9.13 Å². The first-order valence-corrected chi connectivity index (χ1v) is 12.3. The lowest BCUT2D eigenvalue weighted by Crippen LogP contribution is -2.33. The van der Waals surface area contributed by atoms with Crippen LogP contribution in [0.4, 0.5) is 0 Å². The van der Waals surface area contributed by atoms with Gasteiger partial charge >= 0.3 is 0 Å². The molecule has 0 saturated carbocycles. The highest BCUT2D eigenvalue weighted by Crippen LogP contribution is 2.49. The van der Waals surface area contributed by atoms with E-state index in [1.807, 2.05) is 0 Å². The minimum Gasteiger partial charge on any atom is -0.167 e. The van der Waals surface area contributed by atoms with Gasteiger partial charge in [0.25, 0.3) is 0 Å². The molecule has 170 valence electrons. The normalized spacial score (nSPS) is 13.4. The van der Waals surface area contributed by atoms with Crippen LogP contribution in [0.3, 0.4) is 0 Å². The number of hydrogen-bond acceptors (Lipinski definition) is 0. The number of aryl methyl sites for hydroxylation is 2. The van der Waals surface area contributed by atoms with Gasteiger partial charge in [-0.1, -0.05) is 62.4 Å². The van der Waals surface area contributed by atoms with Gasteiger partial charge in [0.2, 0.25) is 11.4 Å². The van der Waals surface area contributed by atoms with Crippen molar-refractivity contribution in [2.45, 2.75) is 33.1 Å². The van der Waals surface area contributed by atoms with E-state index in [0.29, 0.717) is 0 Å². The Morgan fingerprint density at radius 1 is 0.543 bits per heavy atom. The minimum absolute atomic E-state index is 0.0672. The molecule has 0 unspecified atom stereocenters. The summed E-state index contributed by atoms with van der Waals surface area (Å²) in [5.74, 6) is 0. The number of aromatic nitrogens is 2. The van der Waals surface area contributed by atoms with Crippen LogP contribution >= 0.6 is 0 Å². The summed E-state index contributed by atoms with van der Waals surface area (Å²) in [6.07, 6.45) is 8.85. The lowest BCUT2D eigenvalue weighted by atomic mass is 9.82. The Morgan fingerprint density at radius 2 is 1.11 bits per heavy atom. The second-order valence-electron chi connectivity index (χ2n) is 10.1. The maximum absolute atomic E-state index is 2.39. The first-order valence-electron chi connectivity index (χ1n) is 12.3. The lowest BCUT2D eigenvalue weighted by molar-refractivity contribution is -0.596. The van der Waals surface area contributed by atoms with Crippen LogP contribution in [0, 0.1) is 13.8 Å². The molecule has 0 spiro atoms. The first-order chi connectivity index (χ1) is 16.9. The molecular formula is C33H30N2+2. The van der Waals surface area contributed by atoms with Crippen LogP contribution in [0.1, 0.15) is 36.1 Å². The quantitative estimate of drug-likeness (QED) is 0.264. The molecule has 1 aliphatic rings. The molecule has 6 rings (SSSR count). The predicted octanol–water partition coefficient (Wildman–Crippen LogP) is 6.83. The fourth-order valence-corrected chi connectivity index (χ4v) is 5.49. The third kappa shape index (κ3) is 3.49. The van der Waals surface area contributed by atoms with Gasteiger partial charge in [0, 0.05) is 52.4 Å². The van der Waals surface area contributed by atoms with Crippen LogP contribution in [0.2, 0.25) is 0 Å². The zero-order chi connectivity index (χ0) is 24.2. The molecule has 2 aromatic heterocycles. The fourth-order valence-electron chi connectivity index (χ4n) is 5.49. The Labute approximate surface area is 207 Å². The van der Waals surface area contributed by atoms with E-state index in [4.69, 9.17) is 0 Å². The van der Waals surface area contributed by atoms with Crippen LogP contribution in [0.5, 0.6) is 0 Å². The van der Waals surface area contributed by atoms with Crippen LogP contribution in [0.15, 0.2) is 110 Å². The molecule has 0 bridgehead atoms. The topological polar surface area (TPSA) is 7.76 Å². The van der Waals surface area contributed by atoms with Crippen molar-refractivity contribution in [3.63, 3.8) is 0 Å². The van der Waals surface area contributed by atoms with E-state index in [-0.39, 0.29) is 5.41 Å². The third-order valence-corrected chi connectivity index (χ3v) is 7.57. The number of nitrogens with zero attached hydrogens (tertiary/aromatic N) is 2. The van der Waals surface area contributed by atoms with Gasteiger partial charge in [0.1, 0.15) is 0 Å². The number of fused-ring (bicyclic) bond motifs is 3. The first kappa shape index (κ1) is 21.5. The van der Waals surface area contributed by atoms with Gasteiger partial charge in [-0.2, -0.15) is 9.13 Å². The highest BCUT2D eigenvalue weighted by Gasteiger charge is 2.38. The average molecular weight is 455 g/mol. The summed E-state index contributed by atoms with van der Waals surface area (Å²) < 4.78 is 4.46. The van der Waals surface area contributed by atoms with E-state index in [0.717, 1.165) is 0 Å². The predicted molar refractivity (Wildman–Crippen MR) is 142 cm³/mol. The Kier molecular flexibility index (Phi) is 4.93. The Morgan fingerprint density at radius 3 is 1.77 bits per heavy atom. The van der Waals surface area contributed by atoms with Crippen molar-refractivity contribution in [1.82, 2.24) is 0 Å². The highest BCUT2D eigenvalue weighted by molar-refractivity contribution is 5.82. The lowest BCUT2D eigenvalue weighted by Gasteiger charge is -2.20.